The average molecular weight is 240 g/mol. The average Bonchev–Trinajstić information content (AvgIpc) is 2.47. The molecule has 0 saturated heterocycles. The third-order valence-corrected chi connectivity index (χ3v) is 2.84. The highest BCUT2D eigenvalue weighted by Crippen LogP contribution is 2.19. The van der Waals surface area contributed by atoms with E-state index in [0.29, 0.717) is 5.84 Å². The molecule has 0 heterocycles. The molecule has 0 bridgehead atoms. The number of amidine groups is 1. The summed E-state index contributed by atoms with van der Waals surface area (Å²) in [4.78, 5) is 1.84. The highest BCUT2D eigenvalue weighted by atomic mass is 16.5. The molecule has 0 unspecified atom stereocenters. The first kappa shape index (κ1) is 12.2. The van der Waals surface area contributed by atoms with Gasteiger partial charge in [0.2, 0.25) is 0 Å². The highest BCUT2D eigenvalue weighted by molar-refractivity contribution is 6.07. The van der Waals surface area contributed by atoms with E-state index in [0.717, 1.165) is 17.0 Å². The monoisotopic (exact) mass is 240 g/mol. The van der Waals surface area contributed by atoms with Crippen LogP contribution in [0.15, 0.2) is 54.6 Å². The molecule has 1 N–H and O–H groups in total. The number of anilines is 1. The molecule has 0 aliphatic heterocycles. The Hall–Kier alpha value is -2.29. The van der Waals surface area contributed by atoms with Crippen molar-refractivity contribution in [3.63, 3.8) is 0 Å². The summed E-state index contributed by atoms with van der Waals surface area (Å²) >= 11 is 0. The van der Waals surface area contributed by atoms with Gasteiger partial charge in [0.15, 0.2) is 0 Å². The molecule has 92 valence electrons. The van der Waals surface area contributed by atoms with Gasteiger partial charge in [0.05, 0.1) is 7.11 Å². The molecule has 0 aliphatic rings. The van der Waals surface area contributed by atoms with Crippen LogP contribution >= 0.6 is 0 Å². The van der Waals surface area contributed by atoms with Gasteiger partial charge < -0.3 is 9.64 Å². The largest absolute Gasteiger partial charge is 0.497 e. The Balaban J connectivity index is 2.20. The van der Waals surface area contributed by atoms with E-state index >= 15 is 0 Å². The second-order valence-electron chi connectivity index (χ2n) is 3.97. The lowest BCUT2D eigenvalue weighted by atomic mass is 10.2. The van der Waals surface area contributed by atoms with Crippen molar-refractivity contribution in [2.75, 3.05) is 19.1 Å². The second kappa shape index (κ2) is 5.36. The predicted molar refractivity (Wildman–Crippen MR) is 74.7 cm³/mol. The number of nitrogens with zero attached hydrogens (tertiary/aromatic N) is 1. The molecule has 0 saturated carbocycles. The molecule has 2 rings (SSSR count). The van der Waals surface area contributed by atoms with Crippen LogP contribution < -0.4 is 9.64 Å². The van der Waals surface area contributed by atoms with Gasteiger partial charge in [-0.1, -0.05) is 30.3 Å². The van der Waals surface area contributed by atoms with Crippen LogP contribution in [0.5, 0.6) is 5.75 Å². The van der Waals surface area contributed by atoms with Crippen molar-refractivity contribution in [3.05, 3.63) is 60.2 Å². The first-order valence-electron chi connectivity index (χ1n) is 5.74. The summed E-state index contributed by atoms with van der Waals surface area (Å²) in [5.74, 6) is 1.29. The second-order valence-corrected chi connectivity index (χ2v) is 3.97. The molecule has 3 heteroatoms. The van der Waals surface area contributed by atoms with Crippen molar-refractivity contribution in [1.82, 2.24) is 0 Å². The van der Waals surface area contributed by atoms with Gasteiger partial charge in [0.1, 0.15) is 11.6 Å². The summed E-state index contributed by atoms with van der Waals surface area (Å²) in [7, 11) is 3.53. The lowest BCUT2D eigenvalue weighted by molar-refractivity contribution is 0.415. The number of hydrogen-bond acceptors (Lipinski definition) is 2. The quantitative estimate of drug-likeness (QED) is 0.661. The molecule has 18 heavy (non-hydrogen) atoms. The lowest BCUT2D eigenvalue weighted by Crippen LogP contribution is -2.26. The number of rotatable bonds is 3. The maximum atomic E-state index is 8.17. The van der Waals surface area contributed by atoms with Crippen molar-refractivity contribution in [1.29, 1.82) is 5.41 Å². The third-order valence-electron chi connectivity index (χ3n) is 2.84. The Morgan fingerprint density at radius 2 is 1.61 bits per heavy atom. The zero-order valence-electron chi connectivity index (χ0n) is 10.6. The number of hydrogen-bond donors (Lipinski definition) is 1. The van der Waals surface area contributed by atoms with Gasteiger partial charge in [-0.25, -0.2) is 0 Å². The van der Waals surface area contributed by atoms with Gasteiger partial charge >= 0.3 is 0 Å². The minimum atomic E-state index is 0.473. The van der Waals surface area contributed by atoms with Crippen LogP contribution in [0, 0.1) is 5.41 Å². The highest BCUT2D eigenvalue weighted by Gasteiger charge is 2.08. The molecule has 0 amide bonds. The molecule has 0 aliphatic carbocycles. The summed E-state index contributed by atoms with van der Waals surface area (Å²) in [5.41, 5.74) is 1.86. The van der Waals surface area contributed by atoms with Crippen LogP contribution in [-0.2, 0) is 0 Å². The molecule has 0 atom stereocenters. The molecular formula is C15H16N2O. The van der Waals surface area contributed by atoms with E-state index in [9.17, 15) is 0 Å². The Labute approximate surface area is 107 Å². The maximum Gasteiger partial charge on any atom is 0.132 e. The van der Waals surface area contributed by atoms with E-state index in [4.69, 9.17) is 10.1 Å². The first-order valence-corrected chi connectivity index (χ1v) is 5.74. The standard InChI is InChI=1S/C15H16N2O/c1-17(13-8-10-14(18-2)11-9-13)15(16)12-6-4-3-5-7-12/h3-11,16H,1-2H3. The molecule has 0 spiro atoms. The van der Waals surface area contributed by atoms with Gasteiger partial charge in [-0.3, -0.25) is 5.41 Å². The van der Waals surface area contributed by atoms with E-state index in [1.54, 1.807) is 7.11 Å². The number of methoxy groups -OCH3 is 1. The van der Waals surface area contributed by atoms with Gasteiger partial charge in [0.25, 0.3) is 0 Å². The van der Waals surface area contributed by atoms with E-state index in [2.05, 4.69) is 0 Å². The van der Waals surface area contributed by atoms with Crippen LogP contribution in [0.1, 0.15) is 5.56 Å². The zero-order valence-corrected chi connectivity index (χ0v) is 10.6. The number of nitrogens with one attached hydrogen (secondary N) is 1. The van der Waals surface area contributed by atoms with E-state index in [-0.39, 0.29) is 0 Å². The maximum absolute atomic E-state index is 8.17. The summed E-state index contributed by atoms with van der Waals surface area (Å²) in [5, 5.41) is 8.17. The Bertz CT molecular complexity index is 520. The lowest BCUT2D eigenvalue weighted by Gasteiger charge is -2.20. The fourth-order valence-corrected chi connectivity index (χ4v) is 1.72. The zero-order chi connectivity index (χ0) is 13.0. The Morgan fingerprint density at radius 1 is 1.00 bits per heavy atom. The molecule has 0 radical (unpaired) electrons. The fraction of sp³-hybridized carbons (Fsp3) is 0.133. The van der Waals surface area contributed by atoms with E-state index in [1.807, 2.05) is 66.5 Å². The van der Waals surface area contributed by atoms with E-state index < -0.39 is 0 Å². The summed E-state index contributed by atoms with van der Waals surface area (Å²) in [6.45, 7) is 0. The van der Waals surface area contributed by atoms with Crippen molar-refractivity contribution in [2.24, 2.45) is 0 Å². The summed E-state index contributed by atoms with van der Waals surface area (Å²) in [6, 6.07) is 17.4. The van der Waals surface area contributed by atoms with Gasteiger partial charge in [-0.15, -0.1) is 0 Å². The minimum absolute atomic E-state index is 0.473. The number of ether oxygens (including phenoxy) is 1. The summed E-state index contributed by atoms with van der Waals surface area (Å²) < 4.78 is 5.12. The SMILES string of the molecule is COc1ccc(N(C)C(=N)c2ccccc2)cc1. The predicted octanol–water partition coefficient (Wildman–Crippen LogP) is 3.16. The molecule has 0 fully saturated rings. The number of benzene rings is 2. The van der Waals surface area contributed by atoms with Crippen LogP contribution in [-0.4, -0.2) is 20.0 Å². The van der Waals surface area contributed by atoms with Crippen molar-refractivity contribution >= 4 is 11.5 Å². The van der Waals surface area contributed by atoms with Gasteiger partial charge in [-0.05, 0) is 24.3 Å². The van der Waals surface area contributed by atoms with Crippen molar-refractivity contribution in [2.45, 2.75) is 0 Å². The van der Waals surface area contributed by atoms with Gasteiger partial charge in [-0.2, -0.15) is 0 Å². The fourth-order valence-electron chi connectivity index (χ4n) is 1.72. The smallest absolute Gasteiger partial charge is 0.132 e. The molecule has 0 aromatic heterocycles. The van der Waals surface area contributed by atoms with Crippen molar-refractivity contribution in [3.8, 4) is 5.75 Å². The van der Waals surface area contributed by atoms with Crippen LogP contribution in [0.3, 0.4) is 0 Å². The molecule has 2 aromatic rings. The van der Waals surface area contributed by atoms with E-state index in [1.165, 1.54) is 0 Å². The topological polar surface area (TPSA) is 36.3 Å². The van der Waals surface area contributed by atoms with Crippen molar-refractivity contribution < 1.29 is 4.74 Å². The first-order chi connectivity index (χ1) is 8.72. The molecule has 2 aromatic carbocycles. The Morgan fingerprint density at radius 3 is 2.17 bits per heavy atom. The van der Waals surface area contributed by atoms with Crippen LogP contribution in [0.2, 0.25) is 0 Å². The molecule has 3 nitrogen and oxygen atoms in total. The molecular weight excluding hydrogens is 224 g/mol. The van der Waals surface area contributed by atoms with Gasteiger partial charge in [0, 0.05) is 18.3 Å². The van der Waals surface area contributed by atoms with Crippen LogP contribution in [0.25, 0.3) is 0 Å². The Kier molecular flexibility index (Phi) is 3.63. The third kappa shape index (κ3) is 2.51. The normalized spacial score (nSPS) is 9.89. The summed E-state index contributed by atoms with van der Waals surface area (Å²) in [6.07, 6.45) is 0. The van der Waals surface area contributed by atoms with Crippen LogP contribution in [0.4, 0.5) is 5.69 Å². The minimum Gasteiger partial charge on any atom is -0.497 e.